The number of hydrogen-bond acceptors (Lipinski definition) is 4. The van der Waals surface area contributed by atoms with Gasteiger partial charge in [-0.15, -0.1) is 11.3 Å². The van der Waals surface area contributed by atoms with Crippen LogP contribution in [0.15, 0.2) is 65.0 Å². The molecule has 3 heterocycles. The Bertz CT molecular complexity index is 1190. The van der Waals surface area contributed by atoms with Gasteiger partial charge in [-0.25, -0.2) is 4.98 Å². The van der Waals surface area contributed by atoms with E-state index in [1.54, 1.807) is 11.3 Å². The van der Waals surface area contributed by atoms with E-state index in [0.29, 0.717) is 11.4 Å². The Kier molecular flexibility index (Phi) is 4.24. The quantitative estimate of drug-likeness (QED) is 0.551. The van der Waals surface area contributed by atoms with Crippen molar-refractivity contribution in [3.8, 4) is 10.4 Å². The van der Waals surface area contributed by atoms with Crippen molar-refractivity contribution in [2.75, 3.05) is 5.32 Å². The number of pyridine rings is 2. The minimum Gasteiger partial charge on any atom is -0.380 e. The maximum absolute atomic E-state index is 13.2. The van der Waals surface area contributed by atoms with Crippen molar-refractivity contribution in [3.05, 3.63) is 81.6 Å². The molecule has 4 nitrogen and oxygen atoms in total. The van der Waals surface area contributed by atoms with Gasteiger partial charge in [-0.3, -0.25) is 4.79 Å². The zero-order chi connectivity index (χ0) is 19.1. The molecule has 0 fully saturated rings. The molecule has 0 saturated heterocycles. The van der Waals surface area contributed by atoms with E-state index in [9.17, 15) is 4.79 Å². The topological polar surface area (TPSA) is 46.9 Å². The molecule has 4 aromatic rings. The summed E-state index contributed by atoms with van der Waals surface area (Å²) in [5.41, 5.74) is 5.26. The summed E-state index contributed by atoms with van der Waals surface area (Å²) in [4.78, 5) is 18.8. The predicted octanol–water partition coefficient (Wildman–Crippen LogP) is 4.72. The average Bonchev–Trinajstić information content (AvgIpc) is 3.38. The van der Waals surface area contributed by atoms with Crippen LogP contribution in [0.2, 0.25) is 0 Å². The molecule has 0 amide bonds. The number of nitrogens with zero attached hydrogens (tertiary/aromatic N) is 2. The van der Waals surface area contributed by atoms with E-state index in [1.807, 2.05) is 36.0 Å². The first-order valence-corrected chi connectivity index (χ1v) is 10.5. The molecular weight excluding hydrogens is 366 g/mol. The molecular formula is C23H21N3OS. The van der Waals surface area contributed by atoms with Gasteiger partial charge in [0.1, 0.15) is 5.65 Å². The fourth-order valence-electron chi connectivity index (χ4n) is 4.10. The number of aromatic nitrogens is 2. The molecule has 1 aliphatic carbocycles. The number of rotatable bonds is 4. The third-order valence-corrected chi connectivity index (χ3v) is 6.37. The number of anilines is 1. The molecule has 140 valence electrons. The fourth-order valence-corrected chi connectivity index (χ4v) is 4.83. The maximum Gasteiger partial charge on any atom is 0.199 e. The van der Waals surface area contributed by atoms with Crippen LogP contribution in [0.25, 0.3) is 21.5 Å². The zero-order valence-corrected chi connectivity index (χ0v) is 16.5. The molecule has 1 aliphatic rings. The van der Waals surface area contributed by atoms with Crippen molar-refractivity contribution in [1.82, 2.24) is 9.55 Å². The lowest BCUT2D eigenvalue weighted by Gasteiger charge is -2.15. The highest BCUT2D eigenvalue weighted by Gasteiger charge is 2.21. The highest BCUT2D eigenvalue weighted by atomic mass is 32.1. The van der Waals surface area contributed by atoms with Crippen LogP contribution in [0, 0.1) is 0 Å². The fraction of sp³-hybridized carbons (Fsp3) is 0.217. The molecule has 5 rings (SSSR count). The zero-order valence-electron chi connectivity index (χ0n) is 15.7. The number of aryl methyl sites for hydroxylation is 1. The summed E-state index contributed by atoms with van der Waals surface area (Å²) < 4.78 is 2.06. The summed E-state index contributed by atoms with van der Waals surface area (Å²) in [6, 6.07) is 14.9. The lowest BCUT2D eigenvalue weighted by atomic mass is 10.1. The molecule has 0 bridgehead atoms. The number of hydrogen-bond donors (Lipinski definition) is 1. The van der Waals surface area contributed by atoms with Crippen LogP contribution >= 0.6 is 11.3 Å². The van der Waals surface area contributed by atoms with E-state index in [0.717, 1.165) is 41.2 Å². The molecule has 1 N–H and O–H groups in total. The van der Waals surface area contributed by atoms with Crippen LogP contribution in [0.1, 0.15) is 18.1 Å². The van der Waals surface area contributed by atoms with Crippen molar-refractivity contribution in [2.45, 2.75) is 32.4 Å². The molecule has 0 unspecified atom stereocenters. The molecule has 3 aromatic heterocycles. The van der Waals surface area contributed by atoms with E-state index in [-0.39, 0.29) is 5.43 Å². The van der Waals surface area contributed by atoms with Gasteiger partial charge in [0, 0.05) is 23.7 Å². The second-order valence-corrected chi connectivity index (χ2v) is 8.20. The van der Waals surface area contributed by atoms with Crippen LogP contribution in [-0.2, 0) is 19.4 Å². The van der Waals surface area contributed by atoms with Crippen molar-refractivity contribution >= 4 is 28.1 Å². The third kappa shape index (κ3) is 2.92. The number of fused-ring (bicyclic) bond motifs is 2. The first-order chi connectivity index (χ1) is 13.7. The summed E-state index contributed by atoms with van der Waals surface area (Å²) in [6.07, 6.45) is 5.79. The molecule has 0 saturated carbocycles. The molecule has 0 spiro atoms. The van der Waals surface area contributed by atoms with Crippen molar-refractivity contribution in [1.29, 1.82) is 0 Å². The minimum atomic E-state index is 0.0491. The Hall–Kier alpha value is -2.92. The first-order valence-electron chi connectivity index (χ1n) is 9.63. The third-order valence-electron chi connectivity index (χ3n) is 5.46. The van der Waals surface area contributed by atoms with Crippen LogP contribution in [0.4, 0.5) is 5.69 Å². The largest absolute Gasteiger partial charge is 0.380 e. The second kappa shape index (κ2) is 6.91. The van der Waals surface area contributed by atoms with Gasteiger partial charge in [0.05, 0.1) is 22.8 Å². The lowest BCUT2D eigenvalue weighted by molar-refractivity contribution is 0.769. The number of nitrogens with one attached hydrogen (secondary N) is 1. The van der Waals surface area contributed by atoms with Crippen LogP contribution < -0.4 is 10.7 Å². The van der Waals surface area contributed by atoms with Gasteiger partial charge in [-0.1, -0.05) is 30.3 Å². The number of benzene rings is 1. The number of thiophene rings is 1. The van der Waals surface area contributed by atoms with Crippen molar-refractivity contribution < 1.29 is 0 Å². The van der Waals surface area contributed by atoms with Crippen molar-refractivity contribution in [2.24, 2.45) is 0 Å². The highest BCUT2D eigenvalue weighted by Crippen LogP contribution is 2.27. The van der Waals surface area contributed by atoms with E-state index < -0.39 is 0 Å². The van der Waals surface area contributed by atoms with E-state index in [4.69, 9.17) is 0 Å². The summed E-state index contributed by atoms with van der Waals surface area (Å²) in [6.45, 7) is 2.85. The highest BCUT2D eigenvalue weighted by molar-refractivity contribution is 7.13. The second-order valence-electron chi connectivity index (χ2n) is 7.25. The standard InChI is InChI=1S/C23H21N3OS/c1-2-26-14-20(21-8-5-9-28-21)22(27)19-12-18(13-24-23(19)26)25-17-10-15-6-3-4-7-16(15)11-17/h3-9,12-14,17,25H,2,10-11H2,1H3. The Labute approximate surface area is 167 Å². The van der Waals surface area contributed by atoms with E-state index >= 15 is 0 Å². The van der Waals surface area contributed by atoms with E-state index in [1.165, 1.54) is 11.1 Å². The van der Waals surface area contributed by atoms with Gasteiger partial charge in [0.25, 0.3) is 0 Å². The Morgan fingerprint density at radius 1 is 1.18 bits per heavy atom. The Morgan fingerprint density at radius 2 is 1.96 bits per heavy atom. The van der Waals surface area contributed by atoms with Gasteiger partial charge >= 0.3 is 0 Å². The minimum absolute atomic E-state index is 0.0491. The predicted molar refractivity (Wildman–Crippen MR) is 116 cm³/mol. The SMILES string of the molecule is CCn1cc(-c2cccs2)c(=O)c2cc(NC3Cc4ccccc4C3)cnc21. The van der Waals surface area contributed by atoms with Gasteiger partial charge in [-0.05, 0) is 48.4 Å². The first kappa shape index (κ1) is 17.2. The Morgan fingerprint density at radius 3 is 2.64 bits per heavy atom. The average molecular weight is 388 g/mol. The monoisotopic (exact) mass is 387 g/mol. The molecule has 0 atom stereocenters. The van der Waals surface area contributed by atoms with Crippen LogP contribution in [-0.4, -0.2) is 15.6 Å². The van der Waals surface area contributed by atoms with Gasteiger partial charge in [-0.2, -0.15) is 0 Å². The van der Waals surface area contributed by atoms with Crippen LogP contribution in [0.5, 0.6) is 0 Å². The summed E-state index contributed by atoms with van der Waals surface area (Å²) in [5.74, 6) is 0. The summed E-state index contributed by atoms with van der Waals surface area (Å²) in [7, 11) is 0. The Balaban J connectivity index is 1.54. The van der Waals surface area contributed by atoms with Gasteiger partial charge in [0.2, 0.25) is 0 Å². The summed E-state index contributed by atoms with van der Waals surface area (Å²) >= 11 is 1.59. The smallest absolute Gasteiger partial charge is 0.199 e. The van der Waals surface area contributed by atoms with Crippen LogP contribution in [0.3, 0.4) is 0 Å². The van der Waals surface area contributed by atoms with E-state index in [2.05, 4.69) is 46.1 Å². The van der Waals surface area contributed by atoms with Crippen molar-refractivity contribution in [3.63, 3.8) is 0 Å². The maximum atomic E-state index is 13.2. The normalized spacial score (nSPS) is 13.8. The molecule has 1 aromatic carbocycles. The summed E-state index contributed by atoms with van der Waals surface area (Å²) in [5, 5.41) is 6.27. The molecule has 28 heavy (non-hydrogen) atoms. The molecule has 0 aliphatic heterocycles. The van der Waals surface area contributed by atoms with Gasteiger partial charge in [0.15, 0.2) is 5.43 Å². The molecule has 5 heteroatoms. The molecule has 0 radical (unpaired) electrons. The lowest BCUT2D eigenvalue weighted by Crippen LogP contribution is -2.20. The van der Waals surface area contributed by atoms with Gasteiger partial charge < -0.3 is 9.88 Å².